The minimum absolute atomic E-state index is 0. The molecule has 4 nitrogen and oxygen atoms in total. The van der Waals surface area contributed by atoms with Gasteiger partial charge in [0, 0.05) is 0 Å². The fourth-order valence-corrected chi connectivity index (χ4v) is 1.66. The minimum atomic E-state index is 0. The van der Waals surface area contributed by atoms with Gasteiger partial charge in [-0.1, -0.05) is 50.8 Å². The van der Waals surface area contributed by atoms with E-state index in [1.807, 2.05) is 18.2 Å². The molecule has 0 bridgehead atoms. The molecule has 7 heteroatoms. The first-order chi connectivity index (χ1) is 10.1. The van der Waals surface area contributed by atoms with E-state index in [0.29, 0.717) is 12.4 Å². The zero-order valence-corrected chi connectivity index (χ0v) is 19.2. The molecule has 0 atom stereocenters. The number of unbranched alkanes of at least 4 members (excludes halogenated alkanes) is 4. The molecule has 0 radical (unpaired) electrons. The molecular weight excluding hydrogens is 442 g/mol. The van der Waals surface area contributed by atoms with Gasteiger partial charge in [-0.25, -0.2) is 0 Å². The molecule has 1 aromatic rings. The molecule has 0 unspecified atom stereocenters. The molecule has 0 aliphatic carbocycles. The molecule has 0 spiro atoms. The third kappa shape index (κ3) is 18.2. The molecule has 0 aromatic heterocycles. The van der Waals surface area contributed by atoms with Crippen molar-refractivity contribution < 1.29 is 12.3 Å². The predicted molar refractivity (Wildman–Crippen MR) is 103 cm³/mol. The Balaban J connectivity index is -0.000000148. The summed E-state index contributed by atoms with van der Waals surface area (Å²) in [5.41, 5.74) is 10.3. The Morgan fingerprint density at radius 1 is 1.00 bits per heavy atom. The summed E-state index contributed by atoms with van der Waals surface area (Å²) in [7, 11) is 0. The van der Waals surface area contributed by atoms with Crippen molar-refractivity contribution in [2.75, 3.05) is 6.61 Å². The number of ether oxygens (including phenoxy) is 2. The molecule has 0 amide bonds. The topological polar surface area (TPSA) is 70.5 Å². The van der Waals surface area contributed by atoms with E-state index >= 15 is 0 Å². The second-order valence-corrected chi connectivity index (χ2v) is 5.12. The number of thiocarbonyl (C=S) groups is 2. The van der Waals surface area contributed by atoms with Gasteiger partial charge in [0.25, 0.3) is 10.3 Å². The van der Waals surface area contributed by atoms with Crippen LogP contribution in [0.5, 0.6) is 5.75 Å². The second kappa shape index (κ2) is 17.5. The van der Waals surface area contributed by atoms with Crippen molar-refractivity contribution in [1.29, 1.82) is 0 Å². The number of para-hydroxylation sites is 1. The van der Waals surface area contributed by atoms with Gasteiger partial charge in [-0.2, -0.15) is 0 Å². The van der Waals surface area contributed by atoms with Crippen LogP contribution < -0.4 is 16.2 Å². The van der Waals surface area contributed by atoms with Crippen molar-refractivity contribution >= 4 is 83.7 Å². The van der Waals surface area contributed by atoms with E-state index in [4.69, 9.17) is 20.9 Å². The SMILES string of the molecule is CCCCCCCOC(N)=S.NC(=S)Oc1ccccc1.[Ba+2].[H-].[H-]. The molecule has 22 heavy (non-hydrogen) atoms. The van der Waals surface area contributed by atoms with Crippen LogP contribution in [0, 0.1) is 0 Å². The van der Waals surface area contributed by atoms with Crippen LogP contribution in [-0.2, 0) is 4.74 Å². The summed E-state index contributed by atoms with van der Waals surface area (Å²) in [4.78, 5) is 0. The third-order valence-corrected chi connectivity index (χ3v) is 2.66. The quantitative estimate of drug-likeness (QED) is 0.364. The Morgan fingerprint density at radius 3 is 2.09 bits per heavy atom. The van der Waals surface area contributed by atoms with Gasteiger partial charge >= 0.3 is 48.9 Å². The van der Waals surface area contributed by atoms with Gasteiger partial charge in [-0.3, -0.25) is 0 Å². The van der Waals surface area contributed by atoms with E-state index < -0.39 is 0 Å². The molecule has 1 aromatic carbocycles. The Labute approximate surface area is 187 Å². The maximum Gasteiger partial charge on any atom is 2.00 e. The maximum atomic E-state index is 5.14. The molecule has 0 aliphatic heterocycles. The maximum absolute atomic E-state index is 5.14. The zero-order valence-electron chi connectivity index (χ0n) is 15.1. The fraction of sp³-hybridized carbons (Fsp3) is 0.467. The Kier molecular flexibility index (Phi) is 19.5. The first-order valence-electron chi connectivity index (χ1n) is 7.00. The third-order valence-electron chi connectivity index (χ3n) is 2.45. The number of rotatable bonds is 7. The van der Waals surface area contributed by atoms with E-state index in [1.165, 1.54) is 25.7 Å². The van der Waals surface area contributed by atoms with E-state index in [-0.39, 0.29) is 62.1 Å². The van der Waals surface area contributed by atoms with Crippen molar-refractivity contribution in [2.24, 2.45) is 11.5 Å². The van der Waals surface area contributed by atoms with Crippen molar-refractivity contribution in [3.63, 3.8) is 0 Å². The average Bonchev–Trinajstić information content (AvgIpc) is 2.43. The summed E-state index contributed by atoms with van der Waals surface area (Å²) in [6, 6.07) is 9.19. The molecule has 0 heterocycles. The number of hydrogen-bond acceptors (Lipinski definition) is 4. The summed E-state index contributed by atoms with van der Waals surface area (Å²) < 4.78 is 9.85. The summed E-state index contributed by atoms with van der Waals surface area (Å²) in [6.45, 7) is 2.88. The van der Waals surface area contributed by atoms with Crippen LogP contribution >= 0.6 is 24.4 Å². The van der Waals surface area contributed by atoms with Crippen LogP contribution in [0.15, 0.2) is 30.3 Å². The molecule has 0 saturated carbocycles. The molecular formula is C15H26BaN2O2S2. The Hall–Kier alpha value is 0.171. The van der Waals surface area contributed by atoms with Crippen LogP contribution in [0.2, 0.25) is 0 Å². The first-order valence-corrected chi connectivity index (χ1v) is 7.82. The number of nitrogens with two attached hydrogens (primary N) is 2. The van der Waals surface area contributed by atoms with Crippen LogP contribution in [-0.4, -0.2) is 65.8 Å². The van der Waals surface area contributed by atoms with Crippen molar-refractivity contribution in [1.82, 2.24) is 0 Å². The molecule has 0 saturated heterocycles. The summed E-state index contributed by atoms with van der Waals surface area (Å²) >= 11 is 9.08. The second-order valence-electron chi connectivity index (χ2n) is 4.32. The van der Waals surface area contributed by atoms with Gasteiger partial charge in [0.15, 0.2) is 0 Å². The summed E-state index contributed by atoms with van der Waals surface area (Å²) in [6.07, 6.45) is 6.16. The van der Waals surface area contributed by atoms with Crippen LogP contribution in [0.4, 0.5) is 0 Å². The standard InChI is InChI=1S/C8H17NOS.C7H7NOS.Ba.2H/c1-2-3-4-5-6-7-10-8(9)11;8-7(10)9-6-4-2-1-3-5-6;;;/h2-7H2,1H3,(H2,9,11);1-5H,(H2,8,10);;;/q;;+2;2*-1. The van der Waals surface area contributed by atoms with Crippen molar-refractivity contribution in [2.45, 2.75) is 39.0 Å². The molecule has 0 aliphatic rings. The monoisotopic (exact) mass is 468 g/mol. The van der Waals surface area contributed by atoms with Gasteiger partial charge in [0.05, 0.1) is 6.61 Å². The smallest absolute Gasteiger partial charge is 1.00 e. The fourth-order valence-electron chi connectivity index (χ4n) is 1.48. The van der Waals surface area contributed by atoms with E-state index in [9.17, 15) is 0 Å². The molecule has 1 rings (SSSR count). The molecule has 4 N–H and O–H groups in total. The van der Waals surface area contributed by atoms with Crippen LogP contribution in [0.3, 0.4) is 0 Å². The average molecular weight is 468 g/mol. The van der Waals surface area contributed by atoms with E-state index in [1.54, 1.807) is 12.1 Å². The minimum Gasteiger partial charge on any atom is -1.00 e. The van der Waals surface area contributed by atoms with Crippen molar-refractivity contribution in [3.05, 3.63) is 30.3 Å². The van der Waals surface area contributed by atoms with Crippen molar-refractivity contribution in [3.8, 4) is 5.75 Å². The van der Waals surface area contributed by atoms with Gasteiger partial charge in [-0.05, 0) is 43.0 Å². The van der Waals surface area contributed by atoms with E-state index in [2.05, 4.69) is 31.4 Å². The van der Waals surface area contributed by atoms with Crippen LogP contribution in [0.1, 0.15) is 41.9 Å². The normalized spacial score (nSPS) is 8.77. The summed E-state index contributed by atoms with van der Waals surface area (Å²) in [5, 5.41) is 0.215. The Morgan fingerprint density at radius 2 is 1.59 bits per heavy atom. The number of benzene rings is 1. The number of hydrogen-bond donors (Lipinski definition) is 2. The van der Waals surface area contributed by atoms with E-state index in [0.717, 1.165) is 6.42 Å². The molecule has 0 fully saturated rings. The Bertz CT molecular complexity index is 416. The predicted octanol–water partition coefficient (Wildman–Crippen LogP) is 3.37. The van der Waals surface area contributed by atoms with Gasteiger partial charge in [0.1, 0.15) is 5.75 Å². The zero-order chi connectivity index (χ0) is 15.9. The molecule has 122 valence electrons. The first kappa shape index (κ1) is 24.4. The van der Waals surface area contributed by atoms with Crippen LogP contribution in [0.25, 0.3) is 0 Å². The van der Waals surface area contributed by atoms with Gasteiger partial charge < -0.3 is 23.8 Å². The largest absolute Gasteiger partial charge is 2.00 e. The van der Waals surface area contributed by atoms with Gasteiger partial charge in [0.2, 0.25) is 0 Å². The summed E-state index contributed by atoms with van der Waals surface area (Å²) in [5.74, 6) is 0.676. The van der Waals surface area contributed by atoms with Gasteiger partial charge in [-0.15, -0.1) is 0 Å².